The lowest BCUT2D eigenvalue weighted by atomic mass is 9.90. The minimum absolute atomic E-state index is 0.0284. The predicted molar refractivity (Wildman–Crippen MR) is 76.3 cm³/mol. The zero-order valence-electron chi connectivity index (χ0n) is 12.0. The van der Waals surface area contributed by atoms with Crippen LogP contribution in [-0.4, -0.2) is 34.8 Å². The van der Waals surface area contributed by atoms with Crippen LogP contribution in [0.5, 0.6) is 5.75 Å². The molecule has 1 fully saturated rings. The van der Waals surface area contributed by atoms with Gasteiger partial charge in [0, 0.05) is 13.1 Å². The lowest BCUT2D eigenvalue weighted by Crippen LogP contribution is -2.61. The molecular formula is C14H20N2O4. The monoisotopic (exact) mass is 280 g/mol. The molecule has 0 unspecified atom stereocenters. The van der Waals surface area contributed by atoms with Gasteiger partial charge in [-0.25, -0.2) is 0 Å². The number of hydrogen-bond acceptors (Lipinski definition) is 5. The van der Waals surface area contributed by atoms with Crippen LogP contribution in [0.1, 0.15) is 27.2 Å². The van der Waals surface area contributed by atoms with E-state index in [1.54, 1.807) is 18.2 Å². The first-order valence-electron chi connectivity index (χ1n) is 6.77. The largest absolute Gasteiger partial charge is 0.484 e. The van der Waals surface area contributed by atoms with Crippen LogP contribution in [0.15, 0.2) is 18.2 Å². The van der Waals surface area contributed by atoms with Gasteiger partial charge in [0.15, 0.2) is 5.75 Å². The van der Waals surface area contributed by atoms with Gasteiger partial charge in [-0.2, -0.15) is 0 Å². The van der Waals surface area contributed by atoms with E-state index < -0.39 is 10.5 Å². The number of para-hydroxylation sites is 1. The van der Waals surface area contributed by atoms with Crippen molar-refractivity contribution in [3.8, 4) is 5.75 Å². The molecule has 0 atom stereocenters. The third kappa shape index (κ3) is 2.70. The molecule has 1 saturated heterocycles. The molecule has 1 N–H and O–H groups in total. The highest BCUT2D eigenvalue weighted by Crippen LogP contribution is 2.41. The Hall–Kier alpha value is -1.82. The van der Waals surface area contributed by atoms with E-state index in [1.165, 1.54) is 0 Å². The number of anilines is 1. The van der Waals surface area contributed by atoms with Crippen molar-refractivity contribution in [3.05, 3.63) is 28.3 Å². The maximum atomic E-state index is 11.3. The molecule has 0 amide bonds. The van der Waals surface area contributed by atoms with Crippen LogP contribution >= 0.6 is 0 Å². The van der Waals surface area contributed by atoms with Crippen LogP contribution in [0, 0.1) is 10.1 Å². The fourth-order valence-electron chi connectivity index (χ4n) is 2.36. The van der Waals surface area contributed by atoms with Gasteiger partial charge in [-0.15, -0.1) is 0 Å². The van der Waals surface area contributed by atoms with Crippen LogP contribution in [-0.2, 0) is 0 Å². The van der Waals surface area contributed by atoms with Gasteiger partial charge < -0.3 is 14.7 Å². The van der Waals surface area contributed by atoms with Crippen molar-refractivity contribution in [2.45, 2.75) is 38.9 Å². The summed E-state index contributed by atoms with van der Waals surface area (Å²) >= 11 is 0. The van der Waals surface area contributed by atoms with Gasteiger partial charge in [-0.05, 0) is 32.4 Å². The van der Waals surface area contributed by atoms with Crippen molar-refractivity contribution in [2.75, 3.05) is 18.0 Å². The summed E-state index contributed by atoms with van der Waals surface area (Å²) in [5.41, 5.74) is -0.256. The summed E-state index contributed by atoms with van der Waals surface area (Å²) in [4.78, 5) is 12.7. The number of nitro groups is 1. The Morgan fingerprint density at radius 2 is 2.15 bits per heavy atom. The number of hydrogen-bond donors (Lipinski definition) is 1. The average molecular weight is 280 g/mol. The second kappa shape index (κ2) is 5.28. The summed E-state index contributed by atoms with van der Waals surface area (Å²) in [6.07, 6.45) is 0.507. The van der Waals surface area contributed by atoms with E-state index in [9.17, 15) is 15.2 Å². The Morgan fingerprint density at radius 3 is 2.65 bits per heavy atom. The zero-order chi connectivity index (χ0) is 14.9. The highest BCUT2D eigenvalue weighted by molar-refractivity contribution is 5.71. The average Bonchev–Trinajstić information content (AvgIpc) is 2.33. The van der Waals surface area contributed by atoms with Crippen LogP contribution in [0.2, 0.25) is 0 Å². The quantitative estimate of drug-likeness (QED) is 0.662. The van der Waals surface area contributed by atoms with Crippen molar-refractivity contribution in [1.29, 1.82) is 0 Å². The van der Waals surface area contributed by atoms with E-state index in [2.05, 4.69) is 0 Å². The number of rotatable bonds is 5. The molecule has 2 rings (SSSR count). The lowest BCUT2D eigenvalue weighted by Gasteiger charge is -2.47. The zero-order valence-corrected chi connectivity index (χ0v) is 12.0. The van der Waals surface area contributed by atoms with Gasteiger partial charge in [-0.1, -0.05) is 13.0 Å². The van der Waals surface area contributed by atoms with E-state index >= 15 is 0 Å². The molecule has 0 aromatic heterocycles. The SMILES string of the molecule is CCC1(O)CN(c2cccc(OC(C)C)c2[N+](=O)[O-])C1. The summed E-state index contributed by atoms with van der Waals surface area (Å²) in [6.45, 7) is 6.39. The number of aliphatic hydroxyl groups is 1. The Balaban J connectivity index is 2.32. The Bertz CT molecular complexity index is 510. The minimum Gasteiger partial charge on any atom is -0.484 e. The van der Waals surface area contributed by atoms with Crippen LogP contribution in [0.3, 0.4) is 0 Å². The van der Waals surface area contributed by atoms with E-state index in [1.807, 2.05) is 25.7 Å². The van der Waals surface area contributed by atoms with E-state index in [-0.39, 0.29) is 17.5 Å². The highest BCUT2D eigenvalue weighted by Gasteiger charge is 2.42. The first kappa shape index (κ1) is 14.6. The van der Waals surface area contributed by atoms with Gasteiger partial charge in [0.1, 0.15) is 5.69 Å². The molecule has 1 aliphatic rings. The number of β-amino-alcohol motifs (C(OH)–C–C–N with tert-alkyl or cyclic N) is 1. The van der Waals surface area contributed by atoms with Gasteiger partial charge in [0.05, 0.1) is 16.6 Å². The van der Waals surface area contributed by atoms with Crippen molar-refractivity contribution in [1.82, 2.24) is 0 Å². The molecule has 0 spiro atoms. The molecule has 0 aliphatic carbocycles. The number of nitro benzene ring substituents is 1. The molecule has 6 heteroatoms. The minimum atomic E-state index is -0.733. The molecule has 6 nitrogen and oxygen atoms in total. The number of ether oxygens (including phenoxy) is 1. The summed E-state index contributed by atoms with van der Waals surface area (Å²) in [7, 11) is 0. The predicted octanol–water partition coefficient (Wildman–Crippen LogP) is 2.34. The van der Waals surface area contributed by atoms with Gasteiger partial charge >= 0.3 is 5.69 Å². The summed E-state index contributed by atoms with van der Waals surface area (Å²) in [5, 5.41) is 21.4. The first-order chi connectivity index (χ1) is 9.36. The smallest absolute Gasteiger partial charge is 0.333 e. The molecule has 0 saturated carbocycles. The molecule has 0 bridgehead atoms. The van der Waals surface area contributed by atoms with Gasteiger partial charge in [0.2, 0.25) is 0 Å². The number of benzene rings is 1. The van der Waals surface area contributed by atoms with Gasteiger partial charge in [0.25, 0.3) is 0 Å². The first-order valence-corrected chi connectivity index (χ1v) is 6.77. The second-order valence-corrected chi connectivity index (χ2v) is 5.48. The fourth-order valence-corrected chi connectivity index (χ4v) is 2.36. The van der Waals surface area contributed by atoms with Crippen molar-refractivity contribution >= 4 is 11.4 Å². The maximum absolute atomic E-state index is 11.3. The second-order valence-electron chi connectivity index (χ2n) is 5.48. The van der Waals surface area contributed by atoms with E-state index in [4.69, 9.17) is 4.74 Å². The standard InChI is InChI=1S/C14H20N2O4/c1-4-14(17)8-15(9-14)11-6-5-7-12(20-10(2)3)13(11)16(18)19/h5-7,10,17H,4,8-9H2,1-3H3. The summed E-state index contributed by atoms with van der Waals surface area (Å²) < 4.78 is 5.51. The third-order valence-electron chi connectivity index (χ3n) is 3.49. The molecular weight excluding hydrogens is 260 g/mol. The van der Waals surface area contributed by atoms with Crippen molar-refractivity contribution in [2.24, 2.45) is 0 Å². The van der Waals surface area contributed by atoms with E-state index in [0.717, 1.165) is 0 Å². The molecule has 0 radical (unpaired) electrons. The van der Waals surface area contributed by atoms with Crippen LogP contribution < -0.4 is 9.64 Å². The van der Waals surface area contributed by atoms with E-state index in [0.29, 0.717) is 25.2 Å². The fraction of sp³-hybridized carbons (Fsp3) is 0.571. The topological polar surface area (TPSA) is 75.8 Å². The van der Waals surface area contributed by atoms with Crippen molar-refractivity contribution in [3.63, 3.8) is 0 Å². The molecule has 1 aliphatic heterocycles. The normalized spacial score (nSPS) is 16.9. The molecule has 1 heterocycles. The molecule has 20 heavy (non-hydrogen) atoms. The van der Waals surface area contributed by atoms with Crippen molar-refractivity contribution < 1.29 is 14.8 Å². The number of nitrogens with zero attached hydrogens (tertiary/aromatic N) is 2. The summed E-state index contributed by atoms with van der Waals surface area (Å²) in [6, 6.07) is 5.04. The molecule has 1 aromatic carbocycles. The maximum Gasteiger partial charge on any atom is 0.333 e. The van der Waals surface area contributed by atoms with Gasteiger partial charge in [-0.3, -0.25) is 10.1 Å². The third-order valence-corrected chi connectivity index (χ3v) is 3.49. The van der Waals surface area contributed by atoms with Crippen LogP contribution in [0.25, 0.3) is 0 Å². The Morgan fingerprint density at radius 1 is 1.50 bits per heavy atom. The lowest BCUT2D eigenvalue weighted by molar-refractivity contribution is -0.385. The molecule has 1 aromatic rings. The summed E-state index contributed by atoms with van der Waals surface area (Å²) in [5.74, 6) is 0.273. The van der Waals surface area contributed by atoms with Crippen LogP contribution in [0.4, 0.5) is 11.4 Å². The Labute approximate surface area is 118 Å². The Kier molecular flexibility index (Phi) is 3.85. The highest BCUT2D eigenvalue weighted by atomic mass is 16.6. The molecule has 110 valence electrons.